The Bertz CT molecular complexity index is 471. The van der Waals surface area contributed by atoms with Crippen LogP contribution in [0, 0.1) is 10.1 Å². The lowest BCUT2D eigenvalue weighted by molar-refractivity contribution is -0.385. The van der Waals surface area contributed by atoms with Gasteiger partial charge in [-0.3, -0.25) is 14.9 Å². The number of carbonyl (C=O) groups excluding carboxylic acids is 1. The van der Waals surface area contributed by atoms with Gasteiger partial charge in [0.1, 0.15) is 5.75 Å². The zero-order valence-electron chi connectivity index (χ0n) is 10.4. The van der Waals surface area contributed by atoms with Crippen LogP contribution < -0.4 is 10.5 Å². The molecule has 2 N–H and O–H groups in total. The van der Waals surface area contributed by atoms with Crippen LogP contribution in [0.2, 0.25) is 0 Å². The summed E-state index contributed by atoms with van der Waals surface area (Å²) in [5.41, 5.74) is 5.62. The first-order valence-corrected chi connectivity index (χ1v) is 5.66. The molecular weight excluding hydrogens is 236 g/mol. The van der Waals surface area contributed by atoms with Crippen molar-refractivity contribution in [2.24, 2.45) is 5.73 Å². The molecule has 0 fully saturated rings. The minimum absolute atomic E-state index is 0.0822. The molecule has 0 aromatic heterocycles. The van der Waals surface area contributed by atoms with Crippen molar-refractivity contribution in [3.8, 4) is 5.75 Å². The van der Waals surface area contributed by atoms with E-state index in [0.29, 0.717) is 17.7 Å². The van der Waals surface area contributed by atoms with Gasteiger partial charge in [0.25, 0.3) is 5.69 Å². The number of carbonyl (C=O) groups is 1. The lowest BCUT2D eigenvalue weighted by atomic mass is 10.0. The van der Waals surface area contributed by atoms with Crippen LogP contribution in [0.5, 0.6) is 5.75 Å². The van der Waals surface area contributed by atoms with Crippen LogP contribution in [0.4, 0.5) is 5.69 Å². The van der Waals surface area contributed by atoms with Gasteiger partial charge >= 0.3 is 0 Å². The molecular formula is C12H16N2O4. The van der Waals surface area contributed by atoms with Crippen molar-refractivity contribution < 1.29 is 14.5 Å². The standard InChI is InChI=1S/C12H16N2O4/c1-3-4-5-9-10(14(16)17)6-8(12(13)15)7-11(9)18-2/h6-7H,3-5H2,1-2H3,(H2,13,15). The number of benzene rings is 1. The molecule has 0 radical (unpaired) electrons. The Morgan fingerprint density at radius 2 is 2.17 bits per heavy atom. The average Bonchev–Trinajstić information content (AvgIpc) is 2.34. The Kier molecular flexibility index (Phi) is 4.65. The van der Waals surface area contributed by atoms with Crippen LogP contribution in [0.25, 0.3) is 0 Å². The molecule has 18 heavy (non-hydrogen) atoms. The molecule has 1 amide bonds. The van der Waals surface area contributed by atoms with E-state index >= 15 is 0 Å². The van der Waals surface area contributed by atoms with Crippen molar-refractivity contribution in [1.82, 2.24) is 0 Å². The zero-order valence-corrected chi connectivity index (χ0v) is 10.4. The summed E-state index contributed by atoms with van der Waals surface area (Å²) in [4.78, 5) is 21.6. The minimum Gasteiger partial charge on any atom is -0.496 e. The van der Waals surface area contributed by atoms with Gasteiger partial charge in [-0.05, 0) is 18.9 Å². The summed E-state index contributed by atoms with van der Waals surface area (Å²) in [6, 6.07) is 2.65. The summed E-state index contributed by atoms with van der Waals surface area (Å²) in [5, 5.41) is 11.0. The first kappa shape index (κ1) is 14.0. The first-order valence-electron chi connectivity index (χ1n) is 5.66. The van der Waals surface area contributed by atoms with Gasteiger partial charge in [-0.2, -0.15) is 0 Å². The first-order chi connectivity index (χ1) is 8.51. The van der Waals surface area contributed by atoms with Crippen molar-refractivity contribution in [3.05, 3.63) is 33.4 Å². The van der Waals surface area contributed by atoms with Crippen LogP contribution in [0.3, 0.4) is 0 Å². The Hall–Kier alpha value is -2.11. The second-order valence-electron chi connectivity index (χ2n) is 3.90. The van der Waals surface area contributed by atoms with E-state index in [1.807, 2.05) is 6.92 Å². The molecule has 0 unspecified atom stereocenters. The number of primary amides is 1. The lowest BCUT2D eigenvalue weighted by Gasteiger charge is -2.10. The average molecular weight is 252 g/mol. The molecule has 1 rings (SSSR count). The highest BCUT2D eigenvalue weighted by Gasteiger charge is 2.21. The number of hydrogen-bond acceptors (Lipinski definition) is 4. The molecule has 0 saturated heterocycles. The van der Waals surface area contributed by atoms with Gasteiger partial charge in [-0.25, -0.2) is 0 Å². The number of nitro benzene ring substituents is 1. The predicted octanol–water partition coefficient (Wildman–Crippen LogP) is 2.04. The van der Waals surface area contributed by atoms with Crippen LogP contribution in [0.15, 0.2) is 12.1 Å². The molecule has 1 aromatic carbocycles. The summed E-state index contributed by atoms with van der Waals surface area (Å²) >= 11 is 0. The highest BCUT2D eigenvalue weighted by Crippen LogP contribution is 2.31. The molecule has 0 aliphatic rings. The van der Waals surface area contributed by atoms with Crippen LogP contribution >= 0.6 is 0 Å². The summed E-state index contributed by atoms with van der Waals surface area (Å²) in [6.45, 7) is 2.00. The highest BCUT2D eigenvalue weighted by molar-refractivity contribution is 5.94. The minimum atomic E-state index is -0.710. The van der Waals surface area contributed by atoms with E-state index in [1.54, 1.807) is 0 Å². The fourth-order valence-corrected chi connectivity index (χ4v) is 1.72. The molecule has 6 heteroatoms. The van der Waals surface area contributed by atoms with E-state index in [0.717, 1.165) is 12.8 Å². The molecule has 1 aromatic rings. The predicted molar refractivity (Wildman–Crippen MR) is 66.8 cm³/mol. The second kappa shape index (κ2) is 6.00. The van der Waals surface area contributed by atoms with Gasteiger partial charge in [0.05, 0.1) is 17.6 Å². The number of rotatable bonds is 6. The Morgan fingerprint density at radius 3 is 2.61 bits per heavy atom. The SMILES string of the molecule is CCCCc1c(OC)cc(C(N)=O)cc1[N+](=O)[O-]. The maximum Gasteiger partial charge on any atom is 0.277 e. The Labute approximate surface area is 105 Å². The lowest BCUT2D eigenvalue weighted by Crippen LogP contribution is -2.12. The third-order valence-corrected chi connectivity index (χ3v) is 2.67. The quantitative estimate of drug-likeness (QED) is 0.619. The van der Waals surface area contributed by atoms with Crippen LogP contribution in [-0.2, 0) is 6.42 Å². The molecule has 98 valence electrons. The summed E-state index contributed by atoms with van der Waals surface area (Å²) < 4.78 is 5.11. The van der Waals surface area contributed by atoms with Gasteiger partial charge in [0.2, 0.25) is 5.91 Å². The highest BCUT2D eigenvalue weighted by atomic mass is 16.6. The maximum atomic E-state index is 11.1. The van der Waals surface area contributed by atoms with E-state index in [4.69, 9.17) is 10.5 Å². The summed E-state index contributed by atoms with van der Waals surface area (Å²) in [5.74, 6) is -0.370. The van der Waals surface area contributed by atoms with E-state index < -0.39 is 10.8 Å². The van der Waals surface area contributed by atoms with Crippen LogP contribution in [0.1, 0.15) is 35.7 Å². The van der Waals surface area contributed by atoms with Gasteiger partial charge < -0.3 is 10.5 Å². The van der Waals surface area contributed by atoms with Gasteiger partial charge in [-0.1, -0.05) is 13.3 Å². The third kappa shape index (κ3) is 2.97. The fraction of sp³-hybridized carbons (Fsp3) is 0.417. The topological polar surface area (TPSA) is 95.5 Å². The summed E-state index contributed by atoms with van der Waals surface area (Å²) in [7, 11) is 1.42. The molecule has 0 aliphatic carbocycles. The van der Waals surface area contributed by atoms with Gasteiger partial charge in [-0.15, -0.1) is 0 Å². The number of nitrogens with two attached hydrogens (primary N) is 1. The van der Waals surface area contributed by atoms with Crippen LogP contribution in [-0.4, -0.2) is 17.9 Å². The number of ether oxygens (including phenoxy) is 1. The third-order valence-electron chi connectivity index (χ3n) is 2.67. The van der Waals surface area contributed by atoms with Crippen molar-refractivity contribution in [2.75, 3.05) is 7.11 Å². The van der Waals surface area contributed by atoms with Crippen molar-refractivity contribution in [2.45, 2.75) is 26.2 Å². The molecule has 0 bridgehead atoms. The van der Waals surface area contributed by atoms with E-state index in [9.17, 15) is 14.9 Å². The van der Waals surface area contributed by atoms with Gasteiger partial charge in [0, 0.05) is 11.6 Å². The van der Waals surface area contributed by atoms with Gasteiger partial charge in [0.15, 0.2) is 0 Å². The van der Waals surface area contributed by atoms with E-state index in [2.05, 4.69) is 0 Å². The number of unbranched alkanes of at least 4 members (excludes halogenated alkanes) is 1. The molecule has 0 aliphatic heterocycles. The molecule has 0 atom stereocenters. The molecule has 0 spiro atoms. The Balaban J connectivity index is 3.36. The Morgan fingerprint density at radius 1 is 1.50 bits per heavy atom. The maximum absolute atomic E-state index is 11.1. The number of amides is 1. The number of nitro groups is 1. The normalized spacial score (nSPS) is 10.1. The molecule has 6 nitrogen and oxygen atoms in total. The second-order valence-corrected chi connectivity index (χ2v) is 3.90. The fourth-order valence-electron chi connectivity index (χ4n) is 1.72. The number of hydrogen-bond donors (Lipinski definition) is 1. The summed E-state index contributed by atoms with van der Waals surface area (Å²) in [6.07, 6.45) is 2.26. The number of methoxy groups -OCH3 is 1. The number of nitrogens with zero attached hydrogens (tertiary/aromatic N) is 1. The van der Waals surface area contributed by atoms with E-state index in [1.165, 1.54) is 19.2 Å². The van der Waals surface area contributed by atoms with Crippen molar-refractivity contribution in [3.63, 3.8) is 0 Å². The van der Waals surface area contributed by atoms with E-state index in [-0.39, 0.29) is 11.3 Å². The van der Waals surface area contributed by atoms with Crippen molar-refractivity contribution >= 4 is 11.6 Å². The largest absolute Gasteiger partial charge is 0.496 e. The smallest absolute Gasteiger partial charge is 0.277 e. The zero-order chi connectivity index (χ0) is 13.7. The van der Waals surface area contributed by atoms with Crippen molar-refractivity contribution in [1.29, 1.82) is 0 Å². The monoisotopic (exact) mass is 252 g/mol. The molecule has 0 heterocycles. The molecule has 0 saturated carbocycles.